The molecular formula is C14H22N2S. The molecular weight excluding hydrogens is 228 g/mol. The Morgan fingerprint density at radius 3 is 2.94 bits per heavy atom. The standard InChI is InChI=1S/C14H22N2S/c15-16-13(9-14-2-1-5-17-14)8-12-7-10-3-4-11(12)6-10/h1-2,5,10-13,16H,3-4,6-9,15H2. The molecule has 0 aliphatic heterocycles. The molecule has 0 saturated heterocycles. The van der Waals surface area contributed by atoms with Gasteiger partial charge in [-0.05, 0) is 61.3 Å². The molecule has 0 spiro atoms. The molecule has 2 fully saturated rings. The van der Waals surface area contributed by atoms with E-state index in [2.05, 4.69) is 22.9 Å². The van der Waals surface area contributed by atoms with Gasteiger partial charge in [-0.2, -0.15) is 0 Å². The van der Waals surface area contributed by atoms with Crippen molar-refractivity contribution in [2.75, 3.05) is 0 Å². The minimum absolute atomic E-state index is 0.470. The highest BCUT2D eigenvalue weighted by atomic mass is 32.1. The molecule has 94 valence electrons. The fourth-order valence-corrected chi connectivity index (χ4v) is 4.70. The number of hydrogen-bond acceptors (Lipinski definition) is 3. The maximum atomic E-state index is 5.72. The van der Waals surface area contributed by atoms with Gasteiger partial charge < -0.3 is 0 Å². The zero-order chi connectivity index (χ0) is 11.7. The first-order valence-corrected chi connectivity index (χ1v) is 7.71. The lowest BCUT2D eigenvalue weighted by Gasteiger charge is -2.26. The van der Waals surface area contributed by atoms with Crippen molar-refractivity contribution in [1.29, 1.82) is 0 Å². The Balaban J connectivity index is 1.55. The SMILES string of the molecule is NNC(Cc1cccs1)CC1CC2CCC1C2. The van der Waals surface area contributed by atoms with E-state index in [9.17, 15) is 0 Å². The second-order valence-electron chi connectivity index (χ2n) is 5.82. The van der Waals surface area contributed by atoms with Crippen molar-refractivity contribution in [3.05, 3.63) is 22.4 Å². The van der Waals surface area contributed by atoms with Crippen molar-refractivity contribution >= 4 is 11.3 Å². The predicted molar refractivity (Wildman–Crippen MR) is 72.7 cm³/mol. The quantitative estimate of drug-likeness (QED) is 0.623. The molecule has 3 N–H and O–H groups in total. The molecule has 4 atom stereocenters. The number of hydrogen-bond donors (Lipinski definition) is 2. The molecule has 3 rings (SSSR count). The highest BCUT2D eigenvalue weighted by Crippen LogP contribution is 2.49. The van der Waals surface area contributed by atoms with Gasteiger partial charge in [0.2, 0.25) is 0 Å². The van der Waals surface area contributed by atoms with Crippen LogP contribution in [0.5, 0.6) is 0 Å². The summed E-state index contributed by atoms with van der Waals surface area (Å²) >= 11 is 1.84. The van der Waals surface area contributed by atoms with Crippen LogP contribution >= 0.6 is 11.3 Å². The van der Waals surface area contributed by atoms with Crippen LogP contribution in [0.3, 0.4) is 0 Å². The summed E-state index contributed by atoms with van der Waals surface area (Å²) in [5.41, 5.74) is 3.03. The first kappa shape index (κ1) is 11.7. The monoisotopic (exact) mass is 250 g/mol. The van der Waals surface area contributed by atoms with E-state index < -0.39 is 0 Å². The topological polar surface area (TPSA) is 38.0 Å². The molecule has 2 bridgehead atoms. The van der Waals surface area contributed by atoms with Crippen LogP contribution in [0.2, 0.25) is 0 Å². The van der Waals surface area contributed by atoms with Crippen LogP contribution in [-0.2, 0) is 6.42 Å². The minimum atomic E-state index is 0.470. The average molecular weight is 250 g/mol. The van der Waals surface area contributed by atoms with Gasteiger partial charge in [-0.25, -0.2) is 0 Å². The summed E-state index contributed by atoms with van der Waals surface area (Å²) in [6, 6.07) is 4.82. The maximum absolute atomic E-state index is 5.72. The molecule has 2 aliphatic carbocycles. The van der Waals surface area contributed by atoms with Crippen LogP contribution in [-0.4, -0.2) is 6.04 Å². The zero-order valence-electron chi connectivity index (χ0n) is 10.3. The molecule has 17 heavy (non-hydrogen) atoms. The van der Waals surface area contributed by atoms with Gasteiger partial charge >= 0.3 is 0 Å². The van der Waals surface area contributed by atoms with Crippen LogP contribution in [0.15, 0.2) is 17.5 Å². The van der Waals surface area contributed by atoms with Gasteiger partial charge in [0, 0.05) is 10.9 Å². The summed E-state index contributed by atoms with van der Waals surface area (Å²) in [7, 11) is 0. The maximum Gasteiger partial charge on any atom is 0.0261 e. The third-order valence-corrected chi connectivity index (χ3v) is 5.63. The van der Waals surface area contributed by atoms with Gasteiger partial charge in [-0.15, -0.1) is 11.3 Å². The van der Waals surface area contributed by atoms with E-state index in [0.717, 1.165) is 24.2 Å². The van der Waals surface area contributed by atoms with Crippen molar-refractivity contribution in [3.63, 3.8) is 0 Å². The van der Waals surface area contributed by atoms with E-state index in [1.807, 2.05) is 11.3 Å². The first-order valence-electron chi connectivity index (χ1n) is 6.83. The Bertz CT molecular complexity index is 349. The summed E-state index contributed by atoms with van der Waals surface area (Å²) < 4.78 is 0. The number of rotatable bonds is 5. The van der Waals surface area contributed by atoms with E-state index in [0.29, 0.717) is 6.04 Å². The smallest absolute Gasteiger partial charge is 0.0261 e. The Hall–Kier alpha value is -0.380. The summed E-state index contributed by atoms with van der Waals surface area (Å²) in [4.78, 5) is 1.45. The normalized spacial score (nSPS) is 33.1. The van der Waals surface area contributed by atoms with Gasteiger partial charge in [0.05, 0.1) is 0 Å². The van der Waals surface area contributed by atoms with E-state index in [1.165, 1.54) is 37.0 Å². The van der Waals surface area contributed by atoms with Gasteiger partial charge in [0.1, 0.15) is 0 Å². The minimum Gasteiger partial charge on any atom is -0.271 e. The van der Waals surface area contributed by atoms with Gasteiger partial charge in [-0.1, -0.05) is 12.5 Å². The second kappa shape index (κ2) is 5.09. The Labute approximate surface area is 108 Å². The lowest BCUT2D eigenvalue weighted by Crippen LogP contribution is -2.38. The highest BCUT2D eigenvalue weighted by Gasteiger charge is 2.39. The molecule has 0 radical (unpaired) electrons. The van der Waals surface area contributed by atoms with Crippen molar-refractivity contribution in [3.8, 4) is 0 Å². The number of thiophene rings is 1. The number of hydrazine groups is 1. The fraction of sp³-hybridized carbons (Fsp3) is 0.714. The lowest BCUT2D eigenvalue weighted by atomic mass is 9.83. The fourth-order valence-electron chi connectivity index (χ4n) is 3.91. The van der Waals surface area contributed by atoms with E-state index in [-0.39, 0.29) is 0 Å². The van der Waals surface area contributed by atoms with Crippen LogP contribution < -0.4 is 11.3 Å². The van der Waals surface area contributed by atoms with Crippen LogP contribution in [0.25, 0.3) is 0 Å². The summed E-state index contributed by atoms with van der Waals surface area (Å²) in [5, 5.41) is 2.15. The van der Waals surface area contributed by atoms with Gasteiger partial charge in [0.25, 0.3) is 0 Å². The zero-order valence-corrected chi connectivity index (χ0v) is 11.1. The second-order valence-corrected chi connectivity index (χ2v) is 6.85. The predicted octanol–water partition coefficient (Wildman–Crippen LogP) is 2.95. The lowest BCUT2D eigenvalue weighted by molar-refractivity contribution is 0.278. The van der Waals surface area contributed by atoms with Crippen molar-refractivity contribution in [1.82, 2.24) is 5.43 Å². The summed E-state index contributed by atoms with van der Waals surface area (Å²) in [6.45, 7) is 0. The molecule has 1 aromatic heterocycles. The Kier molecular flexibility index (Phi) is 3.50. The molecule has 2 saturated carbocycles. The molecule has 1 aromatic rings. The van der Waals surface area contributed by atoms with E-state index >= 15 is 0 Å². The molecule has 1 heterocycles. The number of fused-ring (bicyclic) bond motifs is 2. The average Bonchev–Trinajstić information content (AvgIpc) is 3.04. The highest BCUT2D eigenvalue weighted by molar-refractivity contribution is 7.09. The number of nitrogens with two attached hydrogens (primary N) is 1. The summed E-state index contributed by atoms with van der Waals surface area (Å²) in [6.07, 6.45) is 8.31. The Morgan fingerprint density at radius 1 is 1.41 bits per heavy atom. The molecule has 0 amide bonds. The summed E-state index contributed by atoms with van der Waals surface area (Å²) in [5.74, 6) is 8.72. The third-order valence-electron chi connectivity index (χ3n) is 4.74. The van der Waals surface area contributed by atoms with Crippen LogP contribution in [0, 0.1) is 17.8 Å². The molecule has 4 unspecified atom stereocenters. The molecule has 0 aromatic carbocycles. The van der Waals surface area contributed by atoms with Crippen molar-refractivity contribution in [2.45, 2.75) is 44.6 Å². The molecule has 2 aliphatic rings. The van der Waals surface area contributed by atoms with Crippen LogP contribution in [0.4, 0.5) is 0 Å². The van der Waals surface area contributed by atoms with Crippen molar-refractivity contribution in [2.24, 2.45) is 23.6 Å². The van der Waals surface area contributed by atoms with E-state index in [1.54, 1.807) is 0 Å². The Morgan fingerprint density at radius 2 is 2.35 bits per heavy atom. The van der Waals surface area contributed by atoms with E-state index in [4.69, 9.17) is 5.84 Å². The molecule has 3 heteroatoms. The first-order chi connectivity index (χ1) is 8.35. The molecule has 2 nitrogen and oxygen atoms in total. The number of nitrogens with one attached hydrogen (secondary N) is 1. The van der Waals surface area contributed by atoms with Crippen LogP contribution in [0.1, 0.15) is 37.0 Å². The largest absolute Gasteiger partial charge is 0.271 e. The van der Waals surface area contributed by atoms with Crippen molar-refractivity contribution < 1.29 is 0 Å². The van der Waals surface area contributed by atoms with Gasteiger partial charge in [0.15, 0.2) is 0 Å². The van der Waals surface area contributed by atoms with Gasteiger partial charge in [-0.3, -0.25) is 11.3 Å². The third kappa shape index (κ3) is 2.56.